The molecule has 0 saturated carbocycles. The Morgan fingerprint density at radius 3 is 2.85 bits per heavy atom. The van der Waals surface area contributed by atoms with Crippen LogP contribution in [-0.2, 0) is 5.88 Å². The highest BCUT2D eigenvalue weighted by Crippen LogP contribution is 2.38. The van der Waals surface area contributed by atoms with Crippen molar-refractivity contribution < 1.29 is 0 Å². The molecule has 2 rings (SSSR count). The number of thiophene rings is 1. The van der Waals surface area contributed by atoms with Gasteiger partial charge in [-0.15, -0.1) is 22.9 Å². The second-order valence-electron chi connectivity index (χ2n) is 2.69. The van der Waals surface area contributed by atoms with Crippen LogP contribution in [0.2, 0.25) is 0 Å². The molecule has 0 saturated heterocycles. The molecule has 0 bridgehead atoms. The minimum absolute atomic E-state index is 0.484. The van der Waals surface area contributed by atoms with Crippen LogP contribution in [0.4, 0.5) is 5.69 Å². The first-order valence-corrected chi connectivity index (χ1v) is 5.89. The number of hydrogen-bond donors (Lipinski definition) is 1. The van der Waals surface area contributed by atoms with E-state index in [-0.39, 0.29) is 0 Å². The predicted molar refractivity (Wildman–Crippen MR) is 63.5 cm³/mol. The van der Waals surface area contributed by atoms with Gasteiger partial charge in [0.1, 0.15) is 0 Å². The van der Waals surface area contributed by atoms with E-state index >= 15 is 0 Å². The van der Waals surface area contributed by atoms with Crippen LogP contribution >= 0.6 is 38.9 Å². The van der Waals surface area contributed by atoms with Gasteiger partial charge in [0.05, 0.1) is 16.3 Å². The number of benzene rings is 1. The van der Waals surface area contributed by atoms with Crippen molar-refractivity contribution >= 4 is 54.6 Å². The van der Waals surface area contributed by atoms with Gasteiger partial charge in [-0.05, 0) is 22.0 Å². The summed E-state index contributed by atoms with van der Waals surface area (Å²) in [5, 5.41) is 1.09. The summed E-state index contributed by atoms with van der Waals surface area (Å²) in [6.07, 6.45) is 0. The average molecular weight is 277 g/mol. The molecule has 0 unspecified atom stereocenters. The van der Waals surface area contributed by atoms with Crippen molar-refractivity contribution in [3.63, 3.8) is 0 Å². The molecule has 13 heavy (non-hydrogen) atoms. The van der Waals surface area contributed by atoms with Gasteiger partial charge >= 0.3 is 0 Å². The largest absolute Gasteiger partial charge is 0.397 e. The van der Waals surface area contributed by atoms with Crippen molar-refractivity contribution in [1.29, 1.82) is 0 Å². The van der Waals surface area contributed by atoms with Crippen molar-refractivity contribution in [3.05, 3.63) is 27.5 Å². The minimum atomic E-state index is 0.484. The Hall–Kier alpha value is -0.250. The Morgan fingerprint density at radius 2 is 2.23 bits per heavy atom. The highest BCUT2D eigenvalue weighted by atomic mass is 79.9. The third-order valence-corrected chi connectivity index (χ3v) is 4.51. The quantitative estimate of drug-likeness (QED) is 0.783. The van der Waals surface area contributed by atoms with Gasteiger partial charge in [-0.1, -0.05) is 12.1 Å². The van der Waals surface area contributed by atoms with Gasteiger partial charge in [-0.3, -0.25) is 0 Å². The first-order chi connectivity index (χ1) is 6.24. The molecule has 0 fully saturated rings. The Morgan fingerprint density at radius 1 is 1.46 bits per heavy atom. The SMILES string of the molecule is Nc1c(CCl)sc2c(Br)cccc12. The molecule has 0 atom stereocenters. The van der Waals surface area contributed by atoms with Gasteiger partial charge in [0.2, 0.25) is 0 Å². The van der Waals surface area contributed by atoms with Crippen molar-refractivity contribution in [2.45, 2.75) is 5.88 Å². The summed E-state index contributed by atoms with van der Waals surface area (Å²) in [4.78, 5) is 1.04. The molecule has 2 N–H and O–H groups in total. The summed E-state index contributed by atoms with van der Waals surface area (Å²) in [5.74, 6) is 0.484. The Balaban J connectivity index is 2.83. The lowest BCUT2D eigenvalue weighted by Gasteiger charge is -1.93. The van der Waals surface area contributed by atoms with E-state index < -0.39 is 0 Å². The van der Waals surface area contributed by atoms with Crippen LogP contribution in [0.1, 0.15) is 4.88 Å². The van der Waals surface area contributed by atoms with Crippen molar-refractivity contribution in [2.24, 2.45) is 0 Å². The van der Waals surface area contributed by atoms with Gasteiger partial charge in [0, 0.05) is 14.7 Å². The van der Waals surface area contributed by atoms with Gasteiger partial charge in [-0.25, -0.2) is 0 Å². The van der Waals surface area contributed by atoms with E-state index in [4.69, 9.17) is 17.3 Å². The number of anilines is 1. The molecule has 1 aromatic heterocycles. The highest BCUT2D eigenvalue weighted by Gasteiger charge is 2.09. The third-order valence-electron chi connectivity index (χ3n) is 1.90. The molecular weight excluding hydrogens is 270 g/mol. The van der Waals surface area contributed by atoms with Crippen LogP contribution < -0.4 is 5.73 Å². The second-order valence-corrected chi connectivity index (χ2v) is 4.92. The summed E-state index contributed by atoms with van der Waals surface area (Å²) in [5.41, 5.74) is 6.74. The maximum atomic E-state index is 5.92. The Bertz CT molecular complexity index is 452. The average Bonchev–Trinajstić information content (AvgIpc) is 2.45. The van der Waals surface area contributed by atoms with E-state index in [9.17, 15) is 0 Å². The van der Waals surface area contributed by atoms with Gasteiger partial charge < -0.3 is 5.73 Å². The first kappa shape index (κ1) is 9.31. The molecule has 0 spiro atoms. The summed E-state index contributed by atoms with van der Waals surface area (Å²) < 4.78 is 2.26. The van der Waals surface area contributed by atoms with Gasteiger partial charge in [0.25, 0.3) is 0 Å². The zero-order valence-electron chi connectivity index (χ0n) is 6.68. The molecule has 0 amide bonds. The molecule has 2 aromatic rings. The predicted octanol–water partition coefficient (Wildman–Crippen LogP) is 3.98. The van der Waals surface area contributed by atoms with E-state index in [2.05, 4.69) is 15.9 Å². The molecule has 1 heterocycles. The third kappa shape index (κ3) is 1.45. The smallest absolute Gasteiger partial charge is 0.0589 e. The zero-order chi connectivity index (χ0) is 9.42. The maximum absolute atomic E-state index is 5.92. The molecule has 0 aliphatic rings. The maximum Gasteiger partial charge on any atom is 0.0589 e. The fourth-order valence-electron chi connectivity index (χ4n) is 1.25. The number of rotatable bonds is 1. The first-order valence-electron chi connectivity index (χ1n) is 3.75. The number of hydrogen-bond acceptors (Lipinski definition) is 2. The van der Waals surface area contributed by atoms with Crippen LogP contribution in [0.25, 0.3) is 10.1 Å². The van der Waals surface area contributed by atoms with Crippen molar-refractivity contribution in [1.82, 2.24) is 0 Å². The van der Waals surface area contributed by atoms with Gasteiger partial charge in [-0.2, -0.15) is 0 Å². The Labute approximate surface area is 93.6 Å². The van der Waals surface area contributed by atoms with Crippen LogP contribution in [0.3, 0.4) is 0 Å². The fourth-order valence-corrected chi connectivity index (χ4v) is 3.14. The number of halogens is 2. The van der Waals surface area contributed by atoms with Crippen LogP contribution in [0, 0.1) is 0 Å². The standard InChI is InChI=1S/C9H7BrClNS/c10-6-3-1-2-5-8(12)7(4-11)13-9(5)6/h1-3H,4,12H2. The summed E-state index contributed by atoms with van der Waals surface area (Å²) >= 11 is 10.9. The topological polar surface area (TPSA) is 26.0 Å². The fraction of sp³-hybridized carbons (Fsp3) is 0.111. The molecule has 0 radical (unpaired) electrons. The Kier molecular flexibility index (Phi) is 2.49. The van der Waals surface area contributed by atoms with Crippen LogP contribution in [-0.4, -0.2) is 0 Å². The van der Waals surface area contributed by atoms with E-state index in [1.165, 1.54) is 4.70 Å². The van der Waals surface area contributed by atoms with Gasteiger partial charge in [0.15, 0.2) is 0 Å². The zero-order valence-corrected chi connectivity index (χ0v) is 9.84. The second kappa shape index (κ2) is 3.48. The molecule has 0 aliphatic carbocycles. The monoisotopic (exact) mass is 275 g/mol. The van der Waals surface area contributed by atoms with Crippen molar-refractivity contribution in [2.75, 3.05) is 5.73 Å². The molecule has 0 aliphatic heterocycles. The van der Waals surface area contributed by atoms with E-state index in [0.29, 0.717) is 5.88 Å². The summed E-state index contributed by atoms with van der Waals surface area (Å²) in [7, 11) is 0. The lowest BCUT2D eigenvalue weighted by Crippen LogP contribution is -1.85. The van der Waals surface area contributed by atoms with E-state index in [1.54, 1.807) is 11.3 Å². The van der Waals surface area contributed by atoms with E-state index in [0.717, 1.165) is 20.4 Å². The molecule has 1 nitrogen and oxygen atoms in total. The normalized spacial score (nSPS) is 10.9. The molecule has 4 heteroatoms. The number of nitrogen functional groups attached to an aromatic ring is 1. The highest BCUT2D eigenvalue weighted by molar-refractivity contribution is 9.10. The number of nitrogens with two attached hydrogens (primary N) is 1. The molecule has 1 aromatic carbocycles. The lowest BCUT2D eigenvalue weighted by molar-refractivity contribution is 1.54. The minimum Gasteiger partial charge on any atom is -0.397 e. The van der Waals surface area contributed by atoms with Crippen LogP contribution in [0.15, 0.2) is 22.7 Å². The molecule has 68 valence electrons. The van der Waals surface area contributed by atoms with Crippen LogP contribution in [0.5, 0.6) is 0 Å². The lowest BCUT2D eigenvalue weighted by atomic mass is 10.2. The van der Waals surface area contributed by atoms with Crippen molar-refractivity contribution in [3.8, 4) is 0 Å². The summed E-state index contributed by atoms with van der Waals surface area (Å²) in [6.45, 7) is 0. The number of fused-ring (bicyclic) bond motifs is 1. The summed E-state index contributed by atoms with van der Waals surface area (Å²) in [6, 6.07) is 6.01. The number of alkyl halides is 1. The van der Waals surface area contributed by atoms with E-state index in [1.807, 2.05) is 18.2 Å². The molecular formula is C9H7BrClNS.